The summed E-state index contributed by atoms with van der Waals surface area (Å²) in [6.07, 6.45) is 0. The highest BCUT2D eigenvalue weighted by Gasteiger charge is 2.35. The molecule has 0 atom stereocenters. The van der Waals surface area contributed by atoms with Gasteiger partial charge >= 0.3 is 0 Å². The molecule has 1 aromatic heterocycles. The van der Waals surface area contributed by atoms with Crippen LogP contribution >= 0.6 is 11.3 Å². The highest BCUT2D eigenvalue weighted by molar-refractivity contribution is 7.21. The zero-order valence-corrected chi connectivity index (χ0v) is 23.8. The van der Waals surface area contributed by atoms with Gasteiger partial charge < -0.3 is 4.90 Å². The van der Waals surface area contributed by atoms with Gasteiger partial charge in [0.15, 0.2) is 0 Å². The van der Waals surface area contributed by atoms with Gasteiger partial charge in [0, 0.05) is 28.0 Å². The van der Waals surface area contributed by atoms with Gasteiger partial charge in [0.25, 0.3) is 0 Å². The SMILES string of the molecule is CC1(C)c2ccccc2-c2ccc(N(c3ccc4ccccc4c3)c3ccc4nc(-c5ccccc5)sc4c3)cc21. The third-order valence-electron chi connectivity index (χ3n) is 8.47. The van der Waals surface area contributed by atoms with Gasteiger partial charge in [0.1, 0.15) is 5.01 Å². The van der Waals surface area contributed by atoms with E-state index < -0.39 is 0 Å². The lowest BCUT2D eigenvalue weighted by molar-refractivity contribution is 0.660. The molecule has 0 radical (unpaired) electrons. The maximum atomic E-state index is 4.96. The quantitative estimate of drug-likeness (QED) is 0.219. The number of rotatable bonds is 4. The van der Waals surface area contributed by atoms with Crippen LogP contribution in [0.25, 0.3) is 42.7 Å². The van der Waals surface area contributed by atoms with Gasteiger partial charge in [-0.2, -0.15) is 0 Å². The zero-order valence-electron chi connectivity index (χ0n) is 23.0. The van der Waals surface area contributed by atoms with E-state index in [0.29, 0.717) is 0 Å². The van der Waals surface area contributed by atoms with Crippen molar-refractivity contribution in [1.29, 1.82) is 0 Å². The fourth-order valence-corrected chi connectivity index (χ4v) is 7.36. The van der Waals surface area contributed by atoms with Crippen LogP contribution in [0.4, 0.5) is 17.1 Å². The van der Waals surface area contributed by atoms with E-state index in [1.54, 1.807) is 11.3 Å². The van der Waals surface area contributed by atoms with Gasteiger partial charge in [0.2, 0.25) is 0 Å². The molecule has 0 amide bonds. The van der Waals surface area contributed by atoms with E-state index in [4.69, 9.17) is 4.98 Å². The molecule has 3 heteroatoms. The largest absolute Gasteiger partial charge is 0.310 e. The molecule has 1 aliphatic carbocycles. The second-order valence-corrected chi connectivity index (χ2v) is 12.3. The molecule has 1 heterocycles. The van der Waals surface area contributed by atoms with Gasteiger partial charge in [-0.05, 0) is 75.5 Å². The first-order chi connectivity index (χ1) is 20.1. The third-order valence-corrected chi connectivity index (χ3v) is 9.53. The molecule has 7 aromatic rings. The molecule has 0 bridgehead atoms. The highest BCUT2D eigenvalue weighted by Crippen LogP contribution is 2.50. The number of thiazole rings is 1. The molecule has 0 spiro atoms. The summed E-state index contributed by atoms with van der Waals surface area (Å²) in [5, 5.41) is 3.52. The monoisotopic (exact) mass is 544 g/mol. The maximum absolute atomic E-state index is 4.96. The van der Waals surface area contributed by atoms with Crippen molar-refractivity contribution < 1.29 is 0 Å². The van der Waals surface area contributed by atoms with Gasteiger partial charge in [-0.15, -0.1) is 11.3 Å². The zero-order chi connectivity index (χ0) is 27.6. The summed E-state index contributed by atoms with van der Waals surface area (Å²) in [4.78, 5) is 7.36. The van der Waals surface area contributed by atoms with Crippen molar-refractivity contribution >= 4 is 49.4 Å². The minimum Gasteiger partial charge on any atom is -0.310 e. The molecule has 8 rings (SSSR count). The van der Waals surface area contributed by atoms with Crippen molar-refractivity contribution in [2.75, 3.05) is 4.90 Å². The van der Waals surface area contributed by atoms with Crippen LogP contribution in [0.1, 0.15) is 25.0 Å². The Morgan fingerprint density at radius 2 is 1.22 bits per heavy atom. The standard InChI is InChI=1S/C38H28N2S/c1-38(2)33-15-9-8-14-31(33)32-20-18-29(23-34(32)38)40(28-17-16-25-10-6-7-13-27(25)22-28)30-19-21-35-36(24-30)41-37(39-35)26-11-4-3-5-12-26/h3-24H,1-2H3. The molecule has 6 aromatic carbocycles. The molecule has 0 fully saturated rings. The van der Waals surface area contributed by atoms with Crippen LogP contribution in [0.3, 0.4) is 0 Å². The molecular formula is C38H28N2S. The van der Waals surface area contributed by atoms with Crippen molar-refractivity contribution in [3.63, 3.8) is 0 Å². The van der Waals surface area contributed by atoms with Crippen LogP contribution in [-0.4, -0.2) is 4.98 Å². The number of benzene rings is 6. The lowest BCUT2D eigenvalue weighted by Gasteiger charge is -2.28. The Kier molecular flexibility index (Phi) is 5.38. The Bertz CT molecular complexity index is 2090. The fourth-order valence-electron chi connectivity index (χ4n) is 6.35. The number of hydrogen-bond acceptors (Lipinski definition) is 3. The Labute approximate surface area is 244 Å². The van der Waals surface area contributed by atoms with Crippen molar-refractivity contribution in [2.24, 2.45) is 0 Å². The highest BCUT2D eigenvalue weighted by atomic mass is 32.1. The van der Waals surface area contributed by atoms with E-state index in [1.807, 2.05) is 6.07 Å². The molecule has 2 nitrogen and oxygen atoms in total. The van der Waals surface area contributed by atoms with E-state index in [-0.39, 0.29) is 5.41 Å². The first-order valence-corrected chi connectivity index (χ1v) is 14.9. The maximum Gasteiger partial charge on any atom is 0.124 e. The summed E-state index contributed by atoms with van der Waals surface area (Å²) in [6, 6.07) is 48.3. The second kappa shape index (κ2) is 9.15. The molecule has 0 saturated carbocycles. The number of nitrogens with zero attached hydrogens (tertiary/aromatic N) is 2. The summed E-state index contributed by atoms with van der Waals surface area (Å²) >= 11 is 1.75. The summed E-state index contributed by atoms with van der Waals surface area (Å²) in [5.74, 6) is 0. The second-order valence-electron chi connectivity index (χ2n) is 11.3. The van der Waals surface area contributed by atoms with E-state index in [2.05, 4.69) is 146 Å². The topological polar surface area (TPSA) is 16.1 Å². The average molecular weight is 545 g/mol. The minimum atomic E-state index is -0.0663. The van der Waals surface area contributed by atoms with E-state index in [9.17, 15) is 0 Å². The first kappa shape index (κ1) is 24.1. The molecule has 1 aliphatic rings. The molecule has 0 N–H and O–H groups in total. The van der Waals surface area contributed by atoms with Gasteiger partial charge in [-0.3, -0.25) is 0 Å². The summed E-state index contributed by atoms with van der Waals surface area (Å²) in [7, 11) is 0. The van der Waals surface area contributed by atoms with Crippen LogP contribution in [0.2, 0.25) is 0 Å². The Morgan fingerprint density at radius 3 is 2.10 bits per heavy atom. The van der Waals surface area contributed by atoms with Gasteiger partial charge in [-0.1, -0.05) is 105 Å². The third kappa shape index (κ3) is 3.88. The van der Waals surface area contributed by atoms with E-state index in [0.717, 1.165) is 33.1 Å². The van der Waals surface area contributed by atoms with Crippen LogP contribution in [0.15, 0.2) is 133 Å². The van der Waals surface area contributed by atoms with Crippen LogP contribution in [-0.2, 0) is 5.41 Å². The summed E-state index contributed by atoms with van der Waals surface area (Å²) in [6.45, 7) is 4.69. The number of aromatic nitrogens is 1. The first-order valence-electron chi connectivity index (χ1n) is 14.1. The van der Waals surface area contributed by atoms with E-state index >= 15 is 0 Å². The minimum absolute atomic E-state index is 0.0663. The van der Waals surface area contributed by atoms with Crippen molar-refractivity contribution in [2.45, 2.75) is 19.3 Å². The number of anilines is 3. The molecule has 196 valence electrons. The van der Waals surface area contributed by atoms with Crippen LogP contribution in [0.5, 0.6) is 0 Å². The van der Waals surface area contributed by atoms with Crippen molar-refractivity contribution in [3.8, 4) is 21.7 Å². The number of fused-ring (bicyclic) bond motifs is 5. The molecule has 0 unspecified atom stereocenters. The predicted molar refractivity (Wildman–Crippen MR) is 175 cm³/mol. The van der Waals surface area contributed by atoms with Crippen molar-refractivity contribution in [3.05, 3.63) is 145 Å². The van der Waals surface area contributed by atoms with Crippen molar-refractivity contribution in [1.82, 2.24) is 4.98 Å². The molecule has 41 heavy (non-hydrogen) atoms. The van der Waals surface area contributed by atoms with Crippen LogP contribution < -0.4 is 4.90 Å². The normalized spacial score (nSPS) is 13.3. The predicted octanol–water partition coefficient (Wildman–Crippen LogP) is 10.9. The Hall–Kier alpha value is -4.73. The number of hydrogen-bond donors (Lipinski definition) is 0. The summed E-state index contributed by atoms with van der Waals surface area (Å²) in [5.41, 5.74) is 11.0. The smallest absolute Gasteiger partial charge is 0.124 e. The Balaban J connectivity index is 1.31. The fraction of sp³-hybridized carbons (Fsp3) is 0.0789. The lowest BCUT2D eigenvalue weighted by Crippen LogP contribution is -2.16. The van der Waals surface area contributed by atoms with Gasteiger partial charge in [0.05, 0.1) is 10.2 Å². The van der Waals surface area contributed by atoms with Crippen LogP contribution in [0, 0.1) is 0 Å². The molecular weight excluding hydrogens is 516 g/mol. The Morgan fingerprint density at radius 1 is 0.561 bits per heavy atom. The molecule has 0 saturated heterocycles. The van der Waals surface area contributed by atoms with E-state index in [1.165, 1.54) is 37.7 Å². The summed E-state index contributed by atoms with van der Waals surface area (Å²) < 4.78 is 1.18. The molecule has 0 aliphatic heterocycles. The lowest BCUT2D eigenvalue weighted by atomic mass is 9.82. The van der Waals surface area contributed by atoms with Gasteiger partial charge in [-0.25, -0.2) is 4.98 Å². The average Bonchev–Trinajstić information content (AvgIpc) is 3.54.